The lowest BCUT2D eigenvalue weighted by Gasteiger charge is -2.31. The molecule has 1 saturated heterocycles. The highest BCUT2D eigenvalue weighted by Crippen LogP contribution is 2.42. The van der Waals surface area contributed by atoms with Crippen molar-refractivity contribution in [3.05, 3.63) is 39.7 Å². The fourth-order valence-corrected chi connectivity index (χ4v) is 3.37. The highest BCUT2D eigenvalue weighted by atomic mass is 35.5. The van der Waals surface area contributed by atoms with E-state index in [4.69, 9.17) is 22.1 Å². The first-order valence-corrected chi connectivity index (χ1v) is 8.70. The zero-order valence-corrected chi connectivity index (χ0v) is 15.7. The number of nitrogens with one attached hydrogen (secondary N) is 2. The molecule has 1 aromatic carbocycles. The molecule has 4 N–H and O–H groups in total. The van der Waals surface area contributed by atoms with Crippen LogP contribution in [0.5, 0.6) is 5.75 Å². The van der Waals surface area contributed by atoms with Crippen LogP contribution in [0, 0.1) is 18.3 Å². The standard InChI is InChI=1S/C18H21ClN6O/c1-9-17(21)23-8-24-18(9)25-10(2)12-4-14(19)13(5-20)15(16(12)26-3)11-6-22-7-11/h4,8,10-11,22H,6-7H2,1-3H3,(H3,21,23,24,25). The van der Waals surface area contributed by atoms with Crippen molar-refractivity contribution >= 4 is 23.2 Å². The maximum Gasteiger partial charge on any atom is 0.134 e. The Kier molecular flexibility index (Phi) is 5.16. The predicted octanol–water partition coefficient (Wildman–Crippen LogP) is 2.76. The lowest BCUT2D eigenvalue weighted by molar-refractivity contribution is 0.379. The van der Waals surface area contributed by atoms with Crippen molar-refractivity contribution in [1.82, 2.24) is 15.3 Å². The van der Waals surface area contributed by atoms with E-state index in [-0.39, 0.29) is 12.0 Å². The number of aromatic nitrogens is 2. The van der Waals surface area contributed by atoms with E-state index in [2.05, 4.69) is 26.7 Å². The van der Waals surface area contributed by atoms with Gasteiger partial charge in [-0.3, -0.25) is 0 Å². The van der Waals surface area contributed by atoms with Crippen molar-refractivity contribution in [2.24, 2.45) is 0 Å². The first-order valence-electron chi connectivity index (χ1n) is 8.32. The Morgan fingerprint density at radius 3 is 2.77 bits per heavy atom. The van der Waals surface area contributed by atoms with Crippen molar-refractivity contribution < 1.29 is 4.74 Å². The minimum Gasteiger partial charge on any atom is -0.496 e. The summed E-state index contributed by atoms with van der Waals surface area (Å²) in [6, 6.07) is 3.85. The van der Waals surface area contributed by atoms with Gasteiger partial charge in [-0.2, -0.15) is 5.26 Å². The summed E-state index contributed by atoms with van der Waals surface area (Å²) in [5, 5.41) is 16.6. The highest BCUT2D eigenvalue weighted by Gasteiger charge is 2.30. The molecule has 2 heterocycles. The van der Waals surface area contributed by atoms with Crippen LogP contribution in [0.15, 0.2) is 12.4 Å². The molecule has 0 radical (unpaired) electrons. The number of methoxy groups -OCH3 is 1. The Bertz CT molecular complexity index is 875. The van der Waals surface area contributed by atoms with Crippen LogP contribution >= 0.6 is 11.6 Å². The van der Waals surface area contributed by atoms with Gasteiger partial charge in [0.25, 0.3) is 0 Å². The summed E-state index contributed by atoms with van der Waals surface area (Å²) in [5.74, 6) is 1.98. The molecule has 1 aliphatic rings. The summed E-state index contributed by atoms with van der Waals surface area (Å²) in [6.07, 6.45) is 1.42. The van der Waals surface area contributed by atoms with Gasteiger partial charge in [-0.15, -0.1) is 0 Å². The normalized spacial score (nSPS) is 15.0. The second kappa shape index (κ2) is 7.36. The van der Waals surface area contributed by atoms with Gasteiger partial charge >= 0.3 is 0 Å². The topological polar surface area (TPSA) is 109 Å². The van der Waals surface area contributed by atoms with Crippen LogP contribution in [0.3, 0.4) is 0 Å². The first-order chi connectivity index (χ1) is 12.5. The molecule has 1 fully saturated rings. The number of hydrogen-bond donors (Lipinski definition) is 3. The fourth-order valence-electron chi connectivity index (χ4n) is 3.11. The summed E-state index contributed by atoms with van der Waals surface area (Å²) in [7, 11) is 1.62. The Balaban J connectivity index is 2.05. The average Bonchev–Trinajstić information content (AvgIpc) is 2.57. The molecule has 0 bridgehead atoms. The van der Waals surface area contributed by atoms with Crippen molar-refractivity contribution in [2.75, 3.05) is 31.2 Å². The quantitative estimate of drug-likeness (QED) is 0.740. The molecule has 1 aromatic heterocycles. The highest BCUT2D eigenvalue weighted by molar-refractivity contribution is 6.32. The van der Waals surface area contributed by atoms with E-state index >= 15 is 0 Å². The predicted molar refractivity (Wildman–Crippen MR) is 102 cm³/mol. The molecule has 0 amide bonds. The fraction of sp³-hybridized carbons (Fsp3) is 0.389. The zero-order chi connectivity index (χ0) is 18.8. The minimum absolute atomic E-state index is 0.157. The van der Waals surface area contributed by atoms with Crippen LogP contribution < -0.4 is 21.1 Å². The molecule has 7 nitrogen and oxygen atoms in total. The Morgan fingerprint density at radius 1 is 1.46 bits per heavy atom. The molecule has 2 aromatic rings. The van der Waals surface area contributed by atoms with Gasteiger partial charge in [-0.1, -0.05) is 11.6 Å². The van der Waals surface area contributed by atoms with Gasteiger partial charge in [-0.25, -0.2) is 9.97 Å². The SMILES string of the molecule is COc1c(C(C)Nc2ncnc(N)c2C)cc(Cl)c(C#N)c1C1CNC1. The van der Waals surface area contributed by atoms with E-state index in [1.54, 1.807) is 13.2 Å². The smallest absolute Gasteiger partial charge is 0.134 e. The third-order valence-corrected chi connectivity index (χ3v) is 5.04. The van der Waals surface area contributed by atoms with Crippen LogP contribution in [0.2, 0.25) is 5.02 Å². The molecule has 3 rings (SSSR count). The summed E-state index contributed by atoms with van der Waals surface area (Å²) >= 11 is 6.42. The Labute approximate surface area is 157 Å². The molecule has 1 aliphatic heterocycles. The maximum absolute atomic E-state index is 9.56. The number of rotatable bonds is 5. The number of ether oxygens (including phenoxy) is 1. The molecule has 1 unspecified atom stereocenters. The van der Waals surface area contributed by atoms with Crippen molar-refractivity contribution in [3.63, 3.8) is 0 Å². The molecule has 26 heavy (non-hydrogen) atoms. The van der Waals surface area contributed by atoms with Gasteiger partial charge in [0.1, 0.15) is 29.8 Å². The summed E-state index contributed by atoms with van der Waals surface area (Å²) in [6.45, 7) is 5.45. The number of halogens is 1. The number of benzene rings is 1. The number of nitriles is 1. The zero-order valence-electron chi connectivity index (χ0n) is 14.9. The van der Waals surface area contributed by atoms with Crippen molar-refractivity contribution in [2.45, 2.75) is 25.8 Å². The van der Waals surface area contributed by atoms with Crippen LogP contribution in [0.4, 0.5) is 11.6 Å². The third-order valence-electron chi connectivity index (χ3n) is 4.75. The van der Waals surface area contributed by atoms with Crippen molar-refractivity contribution in [3.8, 4) is 11.8 Å². The number of hydrogen-bond acceptors (Lipinski definition) is 7. The minimum atomic E-state index is -0.157. The number of nitrogens with two attached hydrogens (primary N) is 1. The van der Waals surface area contributed by atoms with Gasteiger partial charge in [0.15, 0.2) is 0 Å². The molecular formula is C18H21ClN6O. The van der Waals surface area contributed by atoms with Crippen LogP contribution in [0.1, 0.15) is 41.1 Å². The van der Waals surface area contributed by atoms with E-state index in [0.717, 1.165) is 29.8 Å². The summed E-state index contributed by atoms with van der Waals surface area (Å²) < 4.78 is 5.71. The number of nitrogens with zero attached hydrogens (tertiary/aromatic N) is 3. The lowest BCUT2D eigenvalue weighted by Crippen LogP contribution is -2.40. The Hall–Kier alpha value is -2.56. The van der Waals surface area contributed by atoms with Crippen molar-refractivity contribution in [1.29, 1.82) is 5.26 Å². The van der Waals surface area contributed by atoms with Crippen LogP contribution in [-0.2, 0) is 0 Å². The molecule has 8 heteroatoms. The molecule has 136 valence electrons. The maximum atomic E-state index is 9.56. The second-order valence-electron chi connectivity index (χ2n) is 6.34. The van der Waals surface area contributed by atoms with E-state index in [1.807, 2.05) is 13.8 Å². The van der Waals surface area contributed by atoms with E-state index in [0.29, 0.717) is 28.0 Å². The first kappa shape index (κ1) is 18.2. The van der Waals surface area contributed by atoms with Gasteiger partial charge in [0, 0.05) is 35.7 Å². The largest absolute Gasteiger partial charge is 0.496 e. The van der Waals surface area contributed by atoms with Gasteiger partial charge in [0.2, 0.25) is 0 Å². The molecule has 0 saturated carbocycles. The van der Waals surface area contributed by atoms with Gasteiger partial charge in [-0.05, 0) is 19.9 Å². The Morgan fingerprint density at radius 2 is 2.19 bits per heavy atom. The van der Waals surface area contributed by atoms with E-state index in [9.17, 15) is 5.26 Å². The van der Waals surface area contributed by atoms with Gasteiger partial charge < -0.3 is 21.1 Å². The van der Waals surface area contributed by atoms with Crippen LogP contribution in [-0.4, -0.2) is 30.2 Å². The average molecular weight is 373 g/mol. The molecule has 0 aliphatic carbocycles. The number of nitrogen functional groups attached to an aromatic ring is 1. The van der Waals surface area contributed by atoms with Crippen LogP contribution in [0.25, 0.3) is 0 Å². The second-order valence-corrected chi connectivity index (χ2v) is 6.74. The van der Waals surface area contributed by atoms with E-state index < -0.39 is 0 Å². The monoisotopic (exact) mass is 372 g/mol. The molecular weight excluding hydrogens is 352 g/mol. The lowest BCUT2D eigenvalue weighted by atomic mass is 9.86. The van der Waals surface area contributed by atoms with E-state index in [1.165, 1.54) is 6.33 Å². The molecule has 1 atom stereocenters. The molecule has 0 spiro atoms. The summed E-state index contributed by atoms with van der Waals surface area (Å²) in [4.78, 5) is 8.25. The van der Waals surface area contributed by atoms with Gasteiger partial charge in [0.05, 0.1) is 23.7 Å². The third kappa shape index (κ3) is 3.14. The number of anilines is 2. The summed E-state index contributed by atoms with van der Waals surface area (Å²) in [5.41, 5.74) is 8.86.